The molecular formula is C44H40F3N5Pt. The van der Waals surface area contributed by atoms with Crippen molar-refractivity contribution < 1.29 is 34.2 Å². The first-order valence-corrected chi connectivity index (χ1v) is 17.3. The Morgan fingerprint density at radius 3 is 1.43 bits per heavy atom. The smallest absolute Gasteiger partial charge is 0.266 e. The largest absolute Gasteiger partial charge is 2.00 e. The number of aromatic nitrogens is 4. The maximum absolute atomic E-state index is 14.7. The summed E-state index contributed by atoms with van der Waals surface area (Å²) in [5.74, 6) is 0. The van der Waals surface area contributed by atoms with Gasteiger partial charge < -0.3 is 0 Å². The van der Waals surface area contributed by atoms with Crippen LogP contribution in [-0.4, -0.2) is 19.6 Å². The van der Waals surface area contributed by atoms with Gasteiger partial charge >= 0.3 is 27.2 Å². The van der Waals surface area contributed by atoms with E-state index in [9.17, 15) is 13.2 Å². The van der Waals surface area contributed by atoms with E-state index in [1.165, 1.54) is 6.07 Å². The van der Waals surface area contributed by atoms with E-state index in [2.05, 4.69) is 56.8 Å². The van der Waals surface area contributed by atoms with E-state index in [1.807, 2.05) is 88.6 Å². The minimum absolute atomic E-state index is 0. The Balaban J connectivity index is 0.00000481. The van der Waals surface area contributed by atoms with Crippen LogP contribution in [0, 0.1) is 18.7 Å². The number of hydrogen-bond acceptors (Lipinski definition) is 2. The molecule has 1 aliphatic rings. The van der Waals surface area contributed by atoms with Crippen molar-refractivity contribution in [2.24, 2.45) is 0 Å². The molecule has 0 amide bonds. The summed E-state index contributed by atoms with van der Waals surface area (Å²) in [6, 6.07) is 32.7. The van der Waals surface area contributed by atoms with Crippen LogP contribution in [0.25, 0.3) is 38.5 Å². The van der Waals surface area contributed by atoms with Gasteiger partial charge in [-0.15, -0.1) is 12.1 Å². The standard InChI is InChI=1S/C44H40F3N5.Pt/c1-40(2)30-20-32(44(45,46)47)24-34(22-30)51-26-36(28-16-12-10-13-17-28)38(49-51)42(5,6)43(7,8)39-37(29-18-14-11-15-19-29)27-52(50-39)35-23-31(41(40,3)4)21-33(25-35)48-9;/h10-21,24-27H,1-8H3;/q-2;+2. The molecule has 272 valence electrons. The van der Waals surface area contributed by atoms with Crippen molar-refractivity contribution >= 4 is 5.69 Å². The fourth-order valence-corrected chi connectivity index (χ4v) is 7.08. The molecule has 0 fully saturated rings. The molecule has 0 N–H and O–H groups in total. The van der Waals surface area contributed by atoms with E-state index in [1.54, 1.807) is 21.5 Å². The number of halogens is 3. The van der Waals surface area contributed by atoms with Crippen molar-refractivity contribution in [2.45, 2.75) is 83.2 Å². The minimum atomic E-state index is -4.62. The molecule has 7 rings (SSSR count). The van der Waals surface area contributed by atoms with E-state index in [0.29, 0.717) is 28.2 Å². The Hall–Kier alpha value is -4.73. The van der Waals surface area contributed by atoms with Gasteiger partial charge in [-0.1, -0.05) is 127 Å². The van der Waals surface area contributed by atoms with Crippen LogP contribution in [0.5, 0.6) is 0 Å². The molecule has 6 aromatic rings. The monoisotopic (exact) mass is 890 g/mol. The van der Waals surface area contributed by atoms with Gasteiger partial charge in [0.2, 0.25) is 0 Å². The predicted octanol–water partition coefficient (Wildman–Crippen LogP) is 11.4. The number of alkyl halides is 3. The summed E-state index contributed by atoms with van der Waals surface area (Å²) in [6.07, 6.45) is -0.804. The maximum atomic E-state index is 14.7. The van der Waals surface area contributed by atoms with Gasteiger partial charge in [0.15, 0.2) is 0 Å². The van der Waals surface area contributed by atoms with E-state index >= 15 is 0 Å². The molecule has 0 radical (unpaired) electrons. The Morgan fingerprint density at radius 1 is 0.604 bits per heavy atom. The number of rotatable bonds is 2. The molecule has 0 saturated carbocycles. The minimum Gasteiger partial charge on any atom is -0.266 e. The van der Waals surface area contributed by atoms with E-state index in [4.69, 9.17) is 16.8 Å². The number of fused-ring (bicyclic) bond motifs is 10. The number of benzene rings is 4. The quantitative estimate of drug-likeness (QED) is 0.163. The first kappa shape index (κ1) is 38.0. The second kappa shape index (κ2) is 13.0. The molecule has 9 heteroatoms. The molecule has 0 aliphatic carbocycles. The third kappa shape index (κ3) is 6.17. The SMILES string of the molecule is [C-]#[N+]c1cc2[c-]c(c1)C(C)(C)C(C)(C)c1[c-]c(cc(C(F)(F)F)c1)-n1cc(-c3ccccc3)c(n1)C(C)(C)C(C)(C)c1nn-2cc1-c1ccccc1.[Pt+2]. The summed E-state index contributed by atoms with van der Waals surface area (Å²) < 4.78 is 47.5. The summed E-state index contributed by atoms with van der Waals surface area (Å²) in [7, 11) is 0. The van der Waals surface area contributed by atoms with Crippen molar-refractivity contribution in [1.29, 1.82) is 0 Å². The molecule has 3 heterocycles. The van der Waals surface area contributed by atoms with E-state index in [-0.39, 0.29) is 26.8 Å². The van der Waals surface area contributed by atoms with Crippen LogP contribution in [0.4, 0.5) is 18.9 Å². The molecular weight excluding hydrogens is 851 g/mol. The summed E-state index contributed by atoms with van der Waals surface area (Å²) in [6.45, 7) is 24.3. The van der Waals surface area contributed by atoms with Crippen molar-refractivity contribution in [1.82, 2.24) is 19.6 Å². The van der Waals surface area contributed by atoms with Crippen LogP contribution in [-0.2, 0) is 48.9 Å². The zero-order valence-corrected chi connectivity index (χ0v) is 33.2. The van der Waals surface area contributed by atoms with Gasteiger partial charge in [-0.3, -0.25) is 14.2 Å². The maximum Gasteiger partial charge on any atom is 2.00 e. The number of nitrogens with zero attached hydrogens (tertiary/aromatic N) is 5. The van der Waals surface area contributed by atoms with Gasteiger partial charge in [0.25, 0.3) is 0 Å². The Labute approximate surface area is 324 Å². The van der Waals surface area contributed by atoms with Gasteiger partial charge in [-0.05, 0) is 27.6 Å². The molecule has 0 atom stereocenters. The number of hydrogen-bond donors (Lipinski definition) is 0. The topological polar surface area (TPSA) is 40.0 Å². The van der Waals surface area contributed by atoms with Crippen molar-refractivity contribution in [2.75, 3.05) is 0 Å². The third-order valence-corrected chi connectivity index (χ3v) is 11.9. The normalized spacial score (nSPS) is 16.6. The van der Waals surface area contributed by atoms with Gasteiger partial charge in [0, 0.05) is 34.4 Å². The van der Waals surface area contributed by atoms with E-state index in [0.717, 1.165) is 34.0 Å². The van der Waals surface area contributed by atoms with Crippen molar-refractivity contribution in [3.05, 3.63) is 149 Å². The van der Waals surface area contributed by atoms with Crippen LogP contribution >= 0.6 is 0 Å². The van der Waals surface area contributed by atoms with Crippen LogP contribution in [0.2, 0.25) is 0 Å². The van der Waals surface area contributed by atoms with E-state index < -0.39 is 33.4 Å². The first-order valence-electron chi connectivity index (χ1n) is 17.3. The fourth-order valence-electron chi connectivity index (χ4n) is 7.08. The predicted molar refractivity (Wildman–Crippen MR) is 199 cm³/mol. The van der Waals surface area contributed by atoms with Crippen LogP contribution < -0.4 is 0 Å². The van der Waals surface area contributed by atoms with Gasteiger partial charge in [0.1, 0.15) is 0 Å². The molecule has 0 saturated heterocycles. The average Bonchev–Trinajstić information content (AvgIpc) is 3.78. The van der Waals surface area contributed by atoms with Crippen LogP contribution in [0.1, 0.15) is 83.5 Å². The Bertz CT molecular complexity index is 2360. The molecule has 4 aromatic carbocycles. The van der Waals surface area contributed by atoms with Gasteiger partial charge in [0.05, 0.1) is 23.6 Å². The third-order valence-electron chi connectivity index (χ3n) is 11.9. The summed E-state index contributed by atoms with van der Waals surface area (Å²) in [5.41, 5.74) is 3.30. The second-order valence-electron chi connectivity index (χ2n) is 15.8. The van der Waals surface area contributed by atoms with Crippen LogP contribution in [0.15, 0.2) is 97.3 Å². The summed E-state index contributed by atoms with van der Waals surface area (Å²) in [5, 5.41) is 10.5. The Kier molecular flexibility index (Phi) is 9.31. The van der Waals surface area contributed by atoms with Crippen molar-refractivity contribution in [3.63, 3.8) is 0 Å². The zero-order chi connectivity index (χ0) is 37.4. The molecule has 53 heavy (non-hydrogen) atoms. The fraction of sp³-hybridized carbons (Fsp3) is 0.295. The van der Waals surface area contributed by atoms with Gasteiger partial charge in [-0.2, -0.15) is 58.8 Å². The molecule has 0 spiro atoms. The molecule has 0 unspecified atom stereocenters. The first-order chi connectivity index (χ1) is 24.4. The molecule has 1 aliphatic heterocycles. The summed E-state index contributed by atoms with van der Waals surface area (Å²) >= 11 is 0. The second-order valence-corrected chi connectivity index (χ2v) is 15.8. The van der Waals surface area contributed by atoms with Crippen LogP contribution in [0.3, 0.4) is 0 Å². The molecule has 2 aromatic heterocycles. The summed E-state index contributed by atoms with van der Waals surface area (Å²) in [4.78, 5) is 3.81. The van der Waals surface area contributed by atoms with Gasteiger partial charge in [-0.25, -0.2) is 0 Å². The zero-order valence-electron chi connectivity index (χ0n) is 30.9. The molecule has 8 bridgehead atoms. The Morgan fingerprint density at radius 2 is 1.02 bits per heavy atom. The molecule has 5 nitrogen and oxygen atoms in total. The average molecular weight is 891 g/mol. The van der Waals surface area contributed by atoms with Crippen molar-refractivity contribution in [3.8, 4) is 33.6 Å².